The SMILES string of the molecule is Cc1cc(CNC(=O)N(C)C2CCCN(c3ncccn3)C2)ccc1Cl. The predicted octanol–water partition coefficient (Wildman–Crippen LogP) is 3.25. The predicted molar refractivity (Wildman–Crippen MR) is 103 cm³/mol. The van der Waals surface area contributed by atoms with E-state index in [9.17, 15) is 4.79 Å². The van der Waals surface area contributed by atoms with Gasteiger partial charge in [0, 0.05) is 44.1 Å². The van der Waals surface area contributed by atoms with Crippen LogP contribution in [0.3, 0.4) is 0 Å². The lowest BCUT2D eigenvalue weighted by Crippen LogP contribution is -2.51. The number of urea groups is 1. The normalized spacial score (nSPS) is 17.0. The van der Waals surface area contributed by atoms with Gasteiger partial charge in [0.2, 0.25) is 5.95 Å². The number of halogens is 1. The van der Waals surface area contributed by atoms with Crippen LogP contribution in [0.15, 0.2) is 36.7 Å². The van der Waals surface area contributed by atoms with Gasteiger partial charge in [0.05, 0.1) is 6.04 Å². The summed E-state index contributed by atoms with van der Waals surface area (Å²) in [6.45, 7) is 4.11. The lowest BCUT2D eigenvalue weighted by atomic mass is 10.1. The average Bonchev–Trinajstić information content (AvgIpc) is 2.69. The molecule has 2 amide bonds. The Morgan fingerprint density at radius 1 is 1.38 bits per heavy atom. The molecular formula is C19H24ClN5O. The van der Waals surface area contributed by atoms with Gasteiger partial charge in [0.25, 0.3) is 0 Å². The van der Waals surface area contributed by atoms with E-state index in [1.807, 2.05) is 38.2 Å². The summed E-state index contributed by atoms with van der Waals surface area (Å²) in [6.07, 6.45) is 5.48. The molecule has 26 heavy (non-hydrogen) atoms. The van der Waals surface area contributed by atoms with Gasteiger partial charge in [-0.1, -0.05) is 23.7 Å². The molecule has 3 rings (SSSR count). The first-order valence-electron chi connectivity index (χ1n) is 8.82. The van der Waals surface area contributed by atoms with Crippen molar-refractivity contribution in [3.63, 3.8) is 0 Å². The van der Waals surface area contributed by atoms with Crippen molar-refractivity contribution >= 4 is 23.6 Å². The van der Waals surface area contributed by atoms with Gasteiger partial charge in [0.15, 0.2) is 0 Å². The molecule has 138 valence electrons. The Labute approximate surface area is 159 Å². The Balaban J connectivity index is 1.56. The second-order valence-corrected chi connectivity index (χ2v) is 7.05. The average molecular weight is 374 g/mol. The first-order valence-corrected chi connectivity index (χ1v) is 9.20. The Morgan fingerprint density at radius 3 is 2.88 bits per heavy atom. The third-order valence-electron chi connectivity index (χ3n) is 4.77. The number of anilines is 1. The fourth-order valence-corrected chi connectivity index (χ4v) is 3.31. The fourth-order valence-electron chi connectivity index (χ4n) is 3.19. The molecule has 2 aromatic rings. The highest BCUT2D eigenvalue weighted by atomic mass is 35.5. The van der Waals surface area contributed by atoms with E-state index in [2.05, 4.69) is 20.2 Å². The number of rotatable bonds is 4. The number of carbonyl (C=O) groups excluding carboxylic acids is 1. The van der Waals surface area contributed by atoms with Gasteiger partial charge in [-0.05, 0) is 43.0 Å². The Bertz CT molecular complexity index is 755. The molecule has 1 aromatic heterocycles. The molecule has 0 saturated carbocycles. The molecule has 1 atom stereocenters. The zero-order valence-corrected chi connectivity index (χ0v) is 15.9. The molecule has 1 N–H and O–H groups in total. The third kappa shape index (κ3) is 4.43. The van der Waals surface area contributed by atoms with Crippen LogP contribution in [0, 0.1) is 6.92 Å². The fraction of sp³-hybridized carbons (Fsp3) is 0.421. The molecule has 1 aliphatic rings. The number of likely N-dealkylation sites (N-methyl/N-ethyl adjacent to an activating group) is 1. The number of hydrogen-bond acceptors (Lipinski definition) is 4. The Hall–Kier alpha value is -2.34. The summed E-state index contributed by atoms with van der Waals surface area (Å²) in [7, 11) is 1.85. The van der Waals surface area contributed by atoms with E-state index in [-0.39, 0.29) is 12.1 Å². The van der Waals surface area contributed by atoms with E-state index in [1.54, 1.807) is 17.3 Å². The van der Waals surface area contributed by atoms with Gasteiger partial charge >= 0.3 is 6.03 Å². The van der Waals surface area contributed by atoms with Crippen molar-refractivity contribution in [2.45, 2.75) is 32.4 Å². The van der Waals surface area contributed by atoms with Crippen LogP contribution in [-0.2, 0) is 6.54 Å². The Kier molecular flexibility index (Phi) is 5.93. The maximum atomic E-state index is 12.5. The van der Waals surface area contributed by atoms with Gasteiger partial charge in [-0.3, -0.25) is 0 Å². The largest absolute Gasteiger partial charge is 0.339 e. The zero-order valence-electron chi connectivity index (χ0n) is 15.2. The second-order valence-electron chi connectivity index (χ2n) is 6.64. The maximum absolute atomic E-state index is 12.5. The molecule has 7 heteroatoms. The van der Waals surface area contributed by atoms with Crippen molar-refractivity contribution in [1.29, 1.82) is 0 Å². The second kappa shape index (κ2) is 8.36. The van der Waals surface area contributed by atoms with Crippen LogP contribution in [0.2, 0.25) is 5.02 Å². The molecule has 1 aliphatic heterocycles. The molecule has 1 saturated heterocycles. The minimum Gasteiger partial charge on any atom is -0.339 e. The van der Waals surface area contributed by atoms with E-state index in [1.165, 1.54) is 0 Å². The number of aromatic nitrogens is 2. The minimum absolute atomic E-state index is 0.0709. The van der Waals surface area contributed by atoms with Crippen LogP contribution in [-0.4, -0.2) is 47.1 Å². The van der Waals surface area contributed by atoms with E-state index < -0.39 is 0 Å². The lowest BCUT2D eigenvalue weighted by molar-refractivity contribution is 0.182. The van der Waals surface area contributed by atoms with Crippen molar-refractivity contribution in [1.82, 2.24) is 20.2 Å². The highest BCUT2D eigenvalue weighted by molar-refractivity contribution is 6.31. The number of aryl methyl sites for hydroxylation is 1. The topological polar surface area (TPSA) is 61.4 Å². The number of amides is 2. The molecule has 2 heterocycles. The monoisotopic (exact) mass is 373 g/mol. The summed E-state index contributed by atoms with van der Waals surface area (Å²) in [6, 6.07) is 7.67. The summed E-state index contributed by atoms with van der Waals surface area (Å²) in [5, 5.41) is 3.73. The standard InChI is InChI=1S/C19H24ClN5O/c1-14-11-15(6-7-17(14)20)12-23-19(26)24(2)16-5-3-10-25(13-16)18-21-8-4-9-22-18/h4,6-9,11,16H,3,5,10,12-13H2,1-2H3,(H,23,26). The smallest absolute Gasteiger partial charge is 0.317 e. The minimum atomic E-state index is -0.0709. The van der Waals surface area contributed by atoms with E-state index in [4.69, 9.17) is 11.6 Å². The number of carbonyl (C=O) groups is 1. The maximum Gasteiger partial charge on any atom is 0.317 e. The summed E-state index contributed by atoms with van der Waals surface area (Å²) in [4.78, 5) is 25.1. The highest BCUT2D eigenvalue weighted by Gasteiger charge is 2.27. The highest BCUT2D eigenvalue weighted by Crippen LogP contribution is 2.19. The van der Waals surface area contributed by atoms with Gasteiger partial charge in [0.1, 0.15) is 0 Å². The number of piperidine rings is 1. The zero-order chi connectivity index (χ0) is 18.5. The number of benzene rings is 1. The van der Waals surface area contributed by atoms with Crippen molar-refractivity contribution in [3.8, 4) is 0 Å². The summed E-state index contributed by atoms with van der Waals surface area (Å²) in [5.74, 6) is 0.725. The van der Waals surface area contributed by atoms with Crippen LogP contribution in [0.4, 0.5) is 10.7 Å². The van der Waals surface area contributed by atoms with Crippen molar-refractivity contribution in [3.05, 3.63) is 52.8 Å². The number of nitrogens with zero attached hydrogens (tertiary/aromatic N) is 4. The van der Waals surface area contributed by atoms with Crippen molar-refractivity contribution < 1.29 is 4.79 Å². The van der Waals surface area contributed by atoms with Gasteiger partial charge in [-0.15, -0.1) is 0 Å². The molecule has 1 fully saturated rings. The quantitative estimate of drug-likeness (QED) is 0.893. The Morgan fingerprint density at radius 2 is 2.15 bits per heavy atom. The lowest BCUT2D eigenvalue weighted by Gasteiger charge is -2.37. The molecule has 0 spiro atoms. The van der Waals surface area contributed by atoms with Crippen LogP contribution in [0.25, 0.3) is 0 Å². The van der Waals surface area contributed by atoms with Gasteiger partial charge in [-0.25, -0.2) is 14.8 Å². The molecule has 0 radical (unpaired) electrons. The molecule has 6 nitrogen and oxygen atoms in total. The first kappa shape index (κ1) is 18.5. The molecule has 1 aromatic carbocycles. The van der Waals surface area contributed by atoms with Crippen LogP contribution < -0.4 is 10.2 Å². The summed E-state index contributed by atoms with van der Waals surface area (Å²) in [5.41, 5.74) is 2.05. The summed E-state index contributed by atoms with van der Waals surface area (Å²) >= 11 is 6.05. The summed E-state index contributed by atoms with van der Waals surface area (Å²) < 4.78 is 0. The van der Waals surface area contributed by atoms with Crippen molar-refractivity contribution in [2.75, 3.05) is 25.0 Å². The van der Waals surface area contributed by atoms with E-state index in [0.29, 0.717) is 6.54 Å². The number of hydrogen-bond donors (Lipinski definition) is 1. The van der Waals surface area contributed by atoms with Crippen LogP contribution >= 0.6 is 11.6 Å². The third-order valence-corrected chi connectivity index (χ3v) is 5.19. The van der Waals surface area contributed by atoms with Gasteiger partial charge in [-0.2, -0.15) is 0 Å². The number of nitrogens with one attached hydrogen (secondary N) is 1. The van der Waals surface area contributed by atoms with E-state index in [0.717, 1.165) is 48.0 Å². The van der Waals surface area contributed by atoms with Crippen LogP contribution in [0.1, 0.15) is 24.0 Å². The molecule has 0 aliphatic carbocycles. The van der Waals surface area contributed by atoms with E-state index >= 15 is 0 Å². The first-order chi connectivity index (χ1) is 12.5. The molecular weight excluding hydrogens is 350 g/mol. The van der Waals surface area contributed by atoms with Gasteiger partial charge < -0.3 is 15.1 Å². The molecule has 0 bridgehead atoms. The molecule has 1 unspecified atom stereocenters. The van der Waals surface area contributed by atoms with Crippen molar-refractivity contribution in [2.24, 2.45) is 0 Å². The van der Waals surface area contributed by atoms with Crippen LogP contribution in [0.5, 0.6) is 0 Å².